The second kappa shape index (κ2) is 4.21. The van der Waals surface area contributed by atoms with Crippen LogP contribution in [0.5, 0.6) is 0 Å². The summed E-state index contributed by atoms with van der Waals surface area (Å²) in [7, 11) is 0. The van der Waals surface area contributed by atoms with Gasteiger partial charge in [-0.05, 0) is 25.0 Å². The summed E-state index contributed by atoms with van der Waals surface area (Å²) in [5.41, 5.74) is 0. The molecule has 0 spiro atoms. The van der Waals surface area contributed by atoms with Gasteiger partial charge < -0.3 is 5.32 Å². The molecule has 0 amide bonds. The predicted molar refractivity (Wildman–Crippen MR) is 52.1 cm³/mol. The Balaban J connectivity index is 2.64. The highest BCUT2D eigenvalue weighted by molar-refractivity contribution is 5.34. The Kier molecular flexibility index (Phi) is 3.23. The fraction of sp³-hybridized carbons (Fsp3) is 0.500. The molecule has 1 N–H and O–H groups in total. The van der Waals surface area contributed by atoms with E-state index >= 15 is 0 Å². The number of hydrogen-bond donors (Lipinski definition) is 1. The first-order chi connectivity index (χ1) is 6.09. The van der Waals surface area contributed by atoms with Gasteiger partial charge in [-0.15, -0.1) is 0 Å². The van der Waals surface area contributed by atoms with Crippen molar-refractivity contribution in [3.05, 3.63) is 24.1 Å². The first-order valence-electron chi connectivity index (χ1n) is 4.48. The van der Waals surface area contributed by atoms with Gasteiger partial charge in [0.15, 0.2) is 0 Å². The molecule has 0 saturated carbocycles. The molecular formula is C10H15FN2. The SMILES string of the molecule is CC(C)[C@H](C)Nc1cccc(F)n1. The normalized spacial score (nSPS) is 13.0. The van der Waals surface area contributed by atoms with Crippen molar-refractivity contribution in [3.8, 4) is 0 Å². The molecule has 0 aliphatic heterocycles. The van der Waals surface area contributed by atoms with Crippen molar-refractivity contribution in [2.75, 3.05) is 5.32 Å². The van der Waals surface area contributed by atoms with E-state index in [9.17, 15) is 4.39 Å². The zero-order valence-electron chi connectivity index (χ0n) is 8.21. The number of nitrogens with one attached hydrogen (secondary N) is 1. The van der Waals surface area contributed by atoms with Crippen LogP contribution in [0, 0.1) is 11.9 Å². The van der Waals surface area contributed by atoms with Gasteiger partial charge in [-0.2, -0.15) is 4.39 Å². The lowest BCUT2D eigenvalue weighted by Gasteiger charge is -2.17. The number of pyridine rings is 1. The lowest BCUT2D eigenvalue weighted by atomic mass is 10.1. The largest absolute Gasteiger partial charge is 0.367 e. The minimum Gasteiger partial charge on any atom is -0.367 e. The van der Waals surface area contributed by atoms with Crippen LogP contribution in [0.25, 0.3) is 0 Å². The zero-order chi connectivity index (χ0) is 9.84. The number of aromatic nitrogens is 1. The Hall–Kier alpha value is -1.12. The van der Waals surface area contributed by atoms with Crippen molar-refractivity contribution in [2.45, 2.75) is 26.8 Å². The number of rotatable bonds is 3. The van der Waals surface area contributed by atoms with Gasteiger partial charge in [-0.3, -0.25) is 0 Å². The second-order valence-electron chi connectivity index (χ2n) is 3.52. The Morgan fingerprint density at radius 1 is 1.31 bits per heavy atom. The summed E-state index contributed by atoms with van der Waals surface area (Å²) in [6.45, 7) is 6.27. The fourth-order valence-corrected chi connectivity index (χ4v) is 0.889. The molecule has 0 fully saturated rings. The Labute approximate surface area is 78.2 Å². The minimum atomic E-state index is -0.444. The van der Waals surface area contributed by atoms with Gasteiger partial charge in [-0.1, -0.05) is 19.9 Å². The van der Waals surface area contributed by atoms with Gasteiger partial charge in [0.05, 0.1) is 0 Å². The summed E-state index contributed by atoms with van der Waals surface area (Å²) >= 11 is 0. The van der Waals surface area contributed by atoms with Gasteiger partial charge in [0.25, 0.3) is 0 Å². The average molecular weight is 182 g/mol. The summed E-state index contributed by atoms with van der Waals surface area (Å²) in [6.07, 6.45) is 0. The van der Waals surface area contributed by atoms with Gasteiger partial charge in [0.1, 0.15) is 5.82 Å². The van der Waals surface area contributed by atoms with E-state index in [1.807, 2.05) is 0 Å². The Bertz CT molecular complexity index is 273. The van der Waals surface area contributed by atoms with Gasteiger partial charge >= 0.3 is 0 Å². The highest BCUT2D eigenvalue weighted by atomic mass is 19.1. The van der Waals surface area contributed by atoms with E-state index < -0.39 is 5.95 Å². The van der Waals surface area contributed by atoms with Crippen LogP contribution < -0.4 is 5.32 Å². The quantitative estimate of drug-likeness (QED) is 0.727. The molecule has 0 aliphatic rings. The van der Waals surface area contributed by atoms with Crippen molar-refractivity contribution in [1.82, 2.24) is 4.98 Å². The lowest BCUT2D eigenvalue weighted by molar-refractivity contribution is 0.551. The van der Waals surface area contributed by atoms with Crippen LogP contribution in [0.2, 0.25) is 0 Å². The van der Waals surface area contributed by atoms with Gasteiger partial charge in [-0.25, -0.2) is 4.98 Å². The van der Waals surface area contributed by atoms with Gasteiger partial charge in [0.2, 0.25) is 5.95 Å². The molecule has 0 radical (unpaired) electrons. The van der Waals surface area contributed by atoms with Crippen LogP contribution in [0.1, 0.15) is 20.8 Å². The molecule has 0 saturated heterocycles. The number of nitrogens with zero attached hydrogens (tertiary/aromatic N) is 1. The maximum absolute atomic E-state index is 12.7. The van der Waals surface area contributed by atoms with Crippen LogP contribution in [0.4, 0.5) is 10.2 Å². The lowest BCUT2D eigenvalue weighted by Crippen LogP contribution is -2.22. The molecule has 1 aromatic rings. The first-order valence-corrected chi connectivity index (χ1v) is 4.48. The molecule has 0 bridgehead atoms. The third kappa shape index (κ3) is 3.01. The van der Waals surface area contributed by atoms with E-state index in [4.69, 9.17) is 0 Å². The van der Waals surface area contributed by atoms with Crippen molar-refractivity contribution >= 4 is 5.82 Å². The molecule has 0 unspecified atom stereocenters. The van der Waals surface area contributed by atoms with Crippen LogP contribution >= 0.6 is 0 Å². The monoisotopic (exact) mass is 182 g/mol. The molecule has 1 rings (SSSR count). The van der Waals surface area contributed by atoms with E-state index in [2.05, 4.69) is 31.1 Å². The zero-order valence-corrected chi connectivity index (χ0v) is 8.21. The third-order valence-corrected chi connectivity index (χ3v) is 2.09. The topological polar surface area (TPSA) is 24.9 Å². The predicted octanol–water partition coefficient (Wildman–Crippen LogP) is 2.68. The first kappa shape index (κ1) is 9.96. The maximum atomic E-state index is 12.7. The van der Waals surface area contributed by atoms with Crippen molar-refractivity contribution in [1.29, 1.82) is 0 Å². The van der Waals surface area contributed by atoms with Crippen molar-refractivity contribution in [2.24, 2.45) is 5.92 Å². The van der Waals surface area contributed by atoms with Crippen molar-refractivity contribution < 1.29 is 4.39 Å². The smallest absolute Gasteiger partial charge is 0.214 e. The number of halogens is 1. The molecule has 0 aliphatic carbocycles. The van der Waals surface area contributed by atoms with E-state index in [0.717, 1.165) is 0 Å². The summed E-state index contributed by atoms with van der Waals surface area (Å²) in [4.78, 5) is 3.72. The molecule has 1 atom stereocenters. The number of hydrogen-bond acceptors (Lipinski definition) is 2. The Morgan fingerprint density at radius 2 is 2.00 bits per heavy atom. The molecule has 1 heterocycles. The molecular weight excluding hydrogens is 167 g/mol. The van der Waals surface area contributed by atoms with E-state index in [0.29, 0.717) is 17.8 Å². The van der Waals surface area contributed by atoms with Crippen LogP contribution in [-0.2, 0) is 0 Å². The number of anilines is 1. The van der Waals surface area contributed by atoms with Crippen molar-refractivity contribution in [3.63, 3.8) is 0 Å². The molecule has 3 heteroatoms. The summed E-state index contributed by atoms with van der Waals surface area (Å²) < 4.78 is 12.7. The van der Waals surface area contributed by atoms with E-state index in [-0.39, 0.29) is 0 Å². The van der Waals surface area contributed by atoms with E-state index in [1.54, 1.807) is 12.1 Å². The van der Waals surface area contributed by atoms with Crippen LogP contribution in [0.3, 0.4) is 0 Å². The standard InChI is InChI=1S/C10H15FN2/c1-7(2)8(3)12-10-6-4-5-9(11)13-10/h4-8H,1-3H3,(H,12,13)/t8-/m0/s1. The molecule has 0 aromatic carbocycles. The van der Waals surface area contributed by atoms with Crippen LogP contribution in [0.15, 0.2) is 18.2 Å². The molecule has 2 nitrogen and oxygen atoms in total. The summed E-state index contributed by atoms with van der Waals surface area (Å²) in [5.74, 6) is 0.659. The third-order valence-electron chi connectivity index (χ3n) is 2.09. The summed E-state index contributed by atoms with van der Waals surface area (Å²) in [6, 6.07) is 5.06. The Morgan fingerprint density at radius 3 is 2.54 bits per heavy atom. The van der Waals surface area contributed by atoms with E-state index in [1.165, 1.54) is 6.07 Å². The average Bonchev–Trinajstić information content (AvgIpc) is 2.04. The summed E-state index contributed by atoms with van der Waals surface area (Å²) in [5, 5.41) is 3.13. The highest BCUT2D eigenvalue weighted by Gasteiger charge is 2.06. The molecule has 72 valence electrons. The van der Waals surface area contributed by atoms with Crippen LogP contribution in [-0.4, -0.2) is 11.0 Å². The maximum Gasteiger partial charge on any atom is 0.214 e. The van der Waals surface area contributed by atoms with Gasteiger partial charge in [0, 0.05) is 6.04 Å². The second-order valence-corrected chi connectivity index (χ2v) is 3.52. The highest BCUT2D eigenvalue weighted by Crippen LogP contribution is 2.09. The fourth-order valence-electron chi connectivity index (χ4n) is 0.889. The minimum absolute atomic E-state index is 0.300. The molecule has 13 heavy (non-hydrogen) atoms. The molecule has 1 aromatic heterocycles.